The lowest BCUT2D eigenvalue weighted by molar-refractivity contribution is 0.922. The zero-order valence-electron chi connectivity index (χ0n) is 11.1. The zero-order valence-corrected chi connectivity index (χ0v) is 11.1. The SMILES string of the molecule is Cc1nc(-c2ccccc2)c2c(CN)cn(C)c2n1. The lowest BCUT2D eigenvalue weighted by Gasteiger charge is -2.06. The molecule has 4 nitrogen and oxygen atoms in total. The molecule has 19 heavy (non-hydrogen) atoms. The predicted molar refractivity (Wildman–Crippen MR) is 76.6 cm³/mol. The van der Waals surface area contributed by atoms with Gasteiger partial charge in [0.15, 0.2) is 0 Å². The first-order valence-corrected chi connectivity index (χ1v) is 6.28. The Balaban J connectivity index is 2.41. The third-order valence-corrected chi connectivity index (χ3v) is 3.27. The summed E-state index contributed by atoms with van der Waals surface area (Å²) in [6, 6.07) is 10.2. The number of hydrogen-bond acceptors (Lipinski definition) is 3. The maximum atomic E-state index is 5.85. The molecule has 96 valence electrons. The molecule has 1 aromatic carbocycles. The van der Waals surface area contributed by atoms with E-state index < -0.39 is 0 Å². The van der Waals surface area contributed by atoms with Crippen molar-refractivity contribution in [2.75, 3.05) is 0 Å². The summed E-state index contributed by atoms with van der Waals surface area (Å²) in [5, 5.41) is 1.06. The summed E-state index contributed by atoms with van der Waals surface area (Å²) in [5.74, 6) is 0.774. The van der Waals surface area contributed by atoms with Crippen LogP contribution in [-0.2, 0) is 13.6 Å². The lowest BCUT2D eigenvalue weighted by atomic mass is 10.1. The van der Waals surface area contributed by atoms with E-state index in [0.717, 1.165) is 33.7 Å². The Kier molecular flexibility index (Phi) is 2.80. The Labute approximate surface area is 111 Å². The molecule has 0 amide bonds. The van der Waals surface area contributed by atoms with Gasteiger partial charge in [-0.15, -0.1) is 0 Å². The smallest absolute Gasteiger partial charge is 0.144 e. The van der Waals surface area contributed by atoms with Crippen molar-refractivity contribution in [3.05, 3.63) is 47.9 Å². The highest BCUT2D eigenvalue weighted by Gasteiger charge is 2.14. The van der Waals surface area contributed by atoms with Crippen LogP contribution >= 0.6 is 0 Å². The summed E-state index contributed by atoms with van der Waals surface area (Å²) >= 11 is 0. The number of hydrogen-bond donors (Lipinski definition) is 1. The topological polar surface area (TPSA) is 56.7 Å². The highest BCUT2D eigenvalue weighted by Crippen LogP contribution is 2.29. The van der Waals surface area contributed by atoms with E-state index in [1.807, 2.05) is 42.9 Å². The van der Waals surface area contributed by atoms with E-state index in [-0.39, 0.29) is 0 Å². The number of nitrogens with two attached hydrogens (primary N) is 1. The van der Waals surface area contributed by atoms with Crippen LogP contribution in [0.15, 0.2) is 36.5 Å². The molecule has 0 spiro atoms. The van der Waals surface area contributed by atoms with Crippen LogP contribution in [-0.4, -0.2) is 14.5 Å². The largest absolute Gasteiger partial charge is 0.335 e. The Morgan fingerprint density at radius 3 is 2.58 bits per heavy atom. The maximum absolute atomic E-state index is 5.85. The summed E-state index contributed by atoms with van der Waals surface area (Å²) in [7, 11) is 1.99. The van der Waals surface area contributed by atoms with Crippen LogP contribution in [0, 0.1) is 6.92 Å². The molecule has 2 aromatic heterocycles. The second-order valence-electron chi connectivity index (χ2n) is 4.65. The van der Waals surface area contributed by atoms with Gasteiger partial charge in [-0.1, -0.05) is 30.3 Å². The summed E-state index contributed by atoms with van der Waals surface area (Å²) in [4.78, 5) is 9.14. The van der Waals surface area contributed by atoms with Gasteiger partial charge in [0.05, 0.1) is 5.69 Å². The fourth-order valence-electron chi connectivity index (χ4n) is 2.43. The Morgan fingerprint density at radius 1 is 1.16 bits per heavy atom. The first-order valence-electron chi connectivity index (χ1n) is 6.28. The van der Waals surface area contributed by atoms with E-state index in [1.165, 1.54) is 0 Å². The number of nitrogens with zero attached hydrogens (tertiary/aromatic N) is 3. The van der Waals surface area contributed by atoms with Crippen molar-refractivity contribution in [1.82, 2.24) is 14.5 Å². The number of fused-ring (bicyclic) bond motifs is 1. The fourth-order valence-corrected chi connectivity index (χ4v) is 2.43. The second-order valence-corrected chi connectivity index (χ2v) is 4.65. The summed E-state index contributed by atoms with van der Waals surface area (Å²) in [5.41, 5.74) is 9.92. The molecular formula is C15H16N4. The first-order chi connectivity index (χ1) is 9.20. The normalized spacial score (nSPS) is 11.1. The molecule has 3 rings (SSSR count). The molecule has 0 radical (unpaired) electrons. The molecule has 4 heteroatoms. The zero-order chi connectivity index (χ0) is 13.4. The van der Waals surface area contributed by atoms with Crippen molar-refractivity contribution < 1.29 is 0 Å². The molecule has 0 atom stereocenters. The van der Waals surface area contributed by atoms with Crippen LogP contribution in [0.3, 0.4) is 0 Å². The minimum atomic E-state index is 0.490. The molecule has 0 aliphatic carbocycles. The number of aryl methyl sites for hydroxylation is 2. The lowest BCUT2D eigenvalue weighted by Crippen LogP contribution is -1.98. The minimum absolute atomic E-state index is 0.490. The molecule has 0 unspecified atom stereocenters. The Hall–Kier alpha value is -2.20. The van der Waals surface area contributed by atoms with Gasteiger partial charge in [0.1, 0.15) is 11.5 Å². The van der Waals surface area contributed by atoms with E-state index in [0.29, 0.717) is 6.54 Å². The van der Waals surface area contributed by atoms with Gasteiger partial charge in [-0.2, -0.15) is 0 Å². The van der Waals surface area contributed by atoms with Gasteiger partial charge in [-0.25, -0.2) is 9.97 Å². The quantitative estimate of drug-likeness (QED) is 0.762. The monoisotopic (exact) mass is 252 g/mol. The number of rotatable bonds is 2. The molecule has 0 fully saturated rings. The van der Waals surface area contributed by atoms with Gasteiger partial charge in [-0.05, 0) is 12.5 Å². The van der Waals surface area contributed by atoms with Crippen molar-refractivity contribution >= 4 is 11.0 Å². The molecule has 0 saturated heterocycles. The van der Waals surface area contributed by atoms with Crippen LogP contribution in [0.5, 0.6) is 0 Å². The van der Waals surface area contributed by atoms with Crippen LogP contribution in [0.2, 0.25) is 0 Å². The van der Waals surface area contributed by atoms with Crippen molar-refractivity contribution in [3.8, 4) is 11.3 Å². The van der Waals surface area contributed by atoms with Crippen molar-refractivity contribution in [2.45, 2.75) is 13.5 Å². The van der Waals surface area contributed by atoms with Gasteiger partial charge < -0.3 is 10.3 Å². The van der Waals surface area contributed by atoms with Gasteiger partial charge >= 0.3 is 0 Å². The Morgan fingerprint density at radius 2 is 1.89 bits per heavy atom. The molecule has 0 aliphatic heterocycles. The van der Waals surface area contributed by atoms with E-state index in [1.54, 1.807) is 0 Å². The summed E-state index contributed by atoms with van der Waals surface area (Å²) in [6.07, 6.45) is 2.03. The molecule has 0 bridgehead atoms. The predicted octanol–water partition coefficient (Wildman–Crippen LogP) is 2.40. The van der Waals surface area contributed by atoms with Crippen molar-refractivity contribution in [1.29, 1.82) is 0 Å². The highest BCUT2D eigenvalue weighted by atomic mass is 15.0. The average molecular weight is 252 g/mol. The molecule has 2 N–H and O–H groups in total. The molecule has 0 saturated carbocycles. The Bertz CT molecular complexity index is 729. The summed E-state index contributed by atoms with van der Waals surface area (Å²) in [6.45, 7) is 2.41. The van der Waals surface area contributed by atoms with Gasteiger partial charge in [0, 0.05) is 30.7 Å². The molecule has 0 aliphatic rings. The molecular weight excluding hydrogens is 236 g/mol. The van der Waals surface area contributed by atoms with E-state index >= 15 is 0 Å². The van der Waals surface area contributed by atoms with Crippen LogP contribution in [0.4, 0.5) is 0 Å². The summed E-state index contributed by atoms with van der Waals surface area (Å²) < 4.78 is 2.01. The molecule has 2 heterocycles. The maximum Gasteiger partial charge on any atom is 0.144 e. The minimum Gasteiger partial charge on any atom is -0.335 e. The van der Waals surface area contributed by atoms with E-state index in [2.05, 4.69) is 22.1 Å². The van der Waals surface area contributed by atoms with E-state index in [9.17, 15) is 0 Å². The standard InChI is InChI=1S/C15H16N4/c1-10-17-14(11-6-4-3-5-7-11)13-12(8-16)9-19(2)15(13)18-10/h3-7,9H,8,16H2,1-2H3. The third kappa shape index (κ3) is 1.90. The van der Waals surface area contributed by atoms with Gasteiger partial charge in [0.2, 0.25) is 0 Å². The molecule has 3 aromatic rings. The van der Waals surface area contributed by atoms with E-state index in [4.69, 9.17) is 5.73 Å². The first kappa shape index (κ1) is 11.9. The second kappa shape index (κ2) is 4.48. The number of benzene rings is 1. The van der Waals surface area contributed by atoms with Crippen molar-refractivity contribution in [2.24, 2.45) is 12.8 Å². The van der Waals surface area contributed by atoms with Gasteiger partial charge in [-0.3, -0.25) is 0 Å². The van der Waals surface area contributed by atoms with Crippen LogP contribution in [0.25, 0.3) is 22.3 Å². The van der Waals surface area contributed by atoms with Crippen molar-refractivity contribution in [3.63, 3.8) is 0 Å². The third-order valence-electron chi connectivity index (χ3n) is 3.27. The van der Waals surface area contributed by atoms with Gasteiger partial charge in [0.25, 0.3) is 0 Å². The average Bonchev–Trinajstić information content (AvgIpc) is 2.76. The van der Waals surface area contributed by atoms with Crippen LogP contribution < -0.4 is 5.73 Å². The number of aromatic nitrogens is 3. The highest BCUT2D eigenvalue weighted by molar-refractivity contribution is 5.94. The van der Waals surface area contributed by atoms with Crippen LogP contribution in [0.1, 0.15) is 11.4 Å². The fraction of sp³-hybridized carbons (Fsp3) is 0.200.